The number of imide groups is 1. The third kappa shape index (κ3) is 2.63. The summed E-state index contributed by atoms with van der Waals surface area (Å²) in [5.41, 5.74) is 4.10. The summed E-state index contributed by atoms with van der Waals surface area (Å²) in [7, 11) is 0. The normalized spacial score (nSPS) is 25.4. The Labute approximate surface area is 136 Å². The number of hydrogen-bond donors (Lipinski definition) is 2. The largest absolute Gasteiger partial charge is 0.359 e. The molecule has 3 aliphatic rings. The van der Waals surface area contributed by atoms with E-state index in [4.69, 9.17) is 0 Å². The number of hydrogen-bond acceptors (Lipinski definition) is 4. The molecule has 2 fully saturated rings. The van der Waals surface area contributed by atoms with E-state index in [0.29, 0.717) is 18.8 Å². The lowest BCUT2D eigenvalue weighted by atomic mass is 9.86. The minimum absolute atomic E-state index is 0.138. The number of nitrogens with zero attached hydrogens (tertiary/aromatic N) is 1. The van der Waals surface area contributed by atoms with Crippen molar-refractivity contribution in [1.82, 2.24) is 10.6 Å². The van der Waals surface area contributed by atoms with Crippen LogP contribution in [0.25, 0.3) is 0 Å². The molecular weight excluding hydrogens is 290 g/mol. The Morgan fingerprint density at radius 1 is 1.04 bits per heavy atom. The molecule has 0 aliphatic carbocycles. The average molecular weight is 313 g/mol. The first-order chi connectivity index (χ1) is 11.2. The summed E-state index contributed by atoms with van der Waals surface area (Å²) in [6.45, 7) is 3.06. The molecule has 2 N–H and O–H groups in total. The van der Waals surface area contributed by atoms with Crippen LogP contribution < -0.4 is 15.5 Å². The van der Waals surface area contributed by atoms with Crippen molar-refractivity contribution in [3.05, 3.63) is 29.3 Å². The van der Waals surface area contributed by atoms with Crippen molar-refractivity contribution in [3.63, 3.8) is 0 Å². The fraction of sp³-hybridized carbons (Fsp3) is 0.556. The van der Waals surface area contributed by atoms with Crippen molar-refractivity contribution in [1.29, 1.82) is 0 Å². The van der Waals surface area contributed by atoms with E-state index in [0.717, 1.165) is 26.1 Å². The third-order valence-corrected chi connectivity index (χ3v) is 5.46. The first-order valence-electron chi connectivity index (χ1n) is 8.67. The number of carbonyl (C=O) groups excluding carboxylic acids is 2. The summed E-state index contributed by atoms with van der Waals surface area (Å²) in [5, 5.41) is 5.91. The van der Waals surface area contributed by atoms with Crippen LogP contribution in [0.4, 0.5) is 5.69 Å². The molecule has 1 aromatic rings. The minimum atomic E-state index is -0.197. The molecule has 5 heteroatoms. The van der Waals surface area contributed by atoms with Gasteiger partial charge in [0.2, 0.25) is 11.8 Å². The molecule has 1 aromatic carbocycles. The number of benzene rings is 1. The van der Waals surface area contributed by atoms with Gasteiger partial charge in [0.25, 0.3) is 0 Å². The lowest BCUT2D eigenvalue weighted by Crippen LogP contribution is -2.52. The molecule has 3 aliphatic heterocycles. The highest BCUT2D eigenvalue weighted by atomic mass is 16.2. The second kappa shape index (κ2) is 5.96. The van der Waals surface area contributed by atoms with Gasteiger partial charge < -0.3 is 10.2 Å². The zero-order valence-electron chi connectivity index (χ0n) is 13.3. The fourth-order valence-electron chi connectivity index (χ4n) is 4.30. The molecule has 23 heavy (non-hydrogen) atoms. The van der Waals surface area contributed by atoms with Crippen LogP contribution in [0.3, 0.4) is 0 Å². The van der Waals surface area contributed by atoms with Gasteiger partial charge in [0.05, 0.1) is 0 Å². The topological polar surface area (TPSA) is 61.4 Å². The smallest absolute Gasteiger partial charge is 0.249 e. The number of nitrogens with one attached hydrogen (secondary N) is 2. The molecule has 1 unspecified atom stereocenters. The van der Waals surface area contributed by atoms with Crippen LogP contribution >= 0.6 is 0 Å². The zero-order valence-corrected chi connectivity index (χ0v) is 13.3. The second-order valence-electron chi connectivity index (χ2n) is 6.78. The quantitative estimate of drug-likeness (QED) is 0.809. The van der Waals surface area contributed by atoms with E-state index in [1.165, 1.54) is 29.7 Å². The molecule has 2 amide bonds. The molecule has 2 saturated heterocycles. The number of piperidine rings is 2. The van der Waals surface area contributed by atoms with E-state index in [-0.39, 0.29) is 17.9 Å². The summed E-state index contributed by atoms with van der Waals surface area (Å²) in [4.78, 5) is 25.8. The summed E-state index contributed by atoms with van der Waals surface area (Å²) < 4.78 is 0. The Balaban J connectivity index is 1.62. The van der Waals surface area contributed by atoms with E-state index in [2.05, 4.69) is 33.7 Å². The van der Waals surface area contributed by atoms with Gasteiger partial charge >= 0.3 is 0 Å². The predicted molar refractivity (Wildman–Crippen MR) is 88.5 cm³/mol. The number of amides is 2. The van der Waals surface area contributed by atoms with E-state index in [9.17, 15) is 9.59 Å². The number of fused-ring (bicyclic) bond motifs is 1. The molecule has 3 heterocycles. The first kappa shape index (κ1) is 14.7. The van der Waals surface area contributed by atoms with Crippen molar-refractivity contribution in [3.8, 4) is 0 Å². The summed E-state index contributed by atoms with van der Waals surface area (Å²) >= 11 is 0. The highest BCUT2D eigenvalue weighted by molar-refractivity contribution is 6.02. The van der Waals surface area contributed by atoms with Gasteiger partial charge in [0.15, 0.2) is 0 Å². The summed E-state index contributed by atoms with van der Waals surface area (Å²) in [6, 6.07) is 6.33. The summed E-state index contributed by atoms with van der Waals surface area (Å²) in [5.74, 6) is 0.350. The van der Waals surface area contributed by atoms with E-state index in [1.54, 1.807) is 0 Å². The van der Waals surface area contributed by atoms with Crippen LogP contribution in [0.15, 0.2) is 18.2 Å². The van der Waals surface area contributed by atoms with Gasteiger partial charge in [0.1, 0.15) is 6.04 Å². The van der Waals surface area contributed by atoms with E-state index >= 15 is 0 Å². The van der Waals surface area contributed by atoms with Crippen LogP contribution in [0.5, 0.6) is 0 Å². The zero-order chi connectivity index (χ0) is 15.8. The van der Waals surface area contributed by atoms with Gasteiger partial charge in [-0.3, -0.25) is 14.9 Å². The molecule has 122 valence electrons. The molecule has 0 bridgehead atoms. The Morgan fingerprint density at radius 2 is 1.87 bits per heavy atom. The highest BCUT2D eigenvalue weighted by Gasteiger charge is 2.36. The minimum Gasteiger partial charge on any atom is -0.359 e. The van der Waals surface area contributed by atoms with Crippen molar-refractivity contribution in [2.75, 3.05) is 24.5 Å². The van der Waals surface area contributed by atoms with Crippen LogP contribution in [0, 0.1) is 0 Å². The van der Waals surface area contributed by atoms with Gasteiger partial charge in [-0.05, 0) is 61.9 Å². The van der Waals surface area contributed by atoms with Gasteiger partial charge in [0, 0.05) is 18.7 Å². The third-order valence-electron chi connectivity index (χ3n) is 5.46. The Hall–Kier alpha value is -1.88. The molecule has 0 saturated carbocycles. The van der Waals surface area contributed by atoms with Gasteiger partial charge in [-0.2, -0.15) is 0 Å². The van der Waals surface area contributed by atoms with E-state index in [1.807, 2.05) is 0 Å². The molecule has 0 radical (unpaired) electrons. The van der Waals surface area contributed by atoms with E-state index < -0.39 is 0 Å². The van der Waals surface area contributed by atoms with Gasteiger partial charge in [-0.1, -0.05) is 12.1 Å². The molecule has 5 nitrogen and oxygen atoms in total. The van der Waals surface area contributed by atoms with Gasteiger partial charge in [-0.25, -0.2) is 0 Å². The van der Waals surface area contributed by atoms with Crippen molar-refractivity contribution >= 4 is 17.5 Å². The van der Waals surface area contributed by atoms with Crippen molar-refractivity contribution < 1.29 is 9.59 Å². The van der Waals surface area contributed by atoms with Crippen LogP contribution in [-0.2, 0) is 16.0 Å². The number of carbonyl (C=O) groups is 2. The fourth-order valence-corrected chi connectivity index (χ4v) is 4.30. The number of rotatable bonds is 2. The first-order valence-corrected chi connectivity index (χ1v) is 8.67. The molecule has 0 aromatic heterocycles. The van der Waals surface area contributed by atoms with Crippen molar-refractivity contribution in [2.45, 2.75) is 44.1 Å². The predicted octanol–water partition coefficient (Wildman–Crippen LogP) is 1.32. The highest BCUT2D eigenvalue weighted by Crippen LogP contribution is 2.38. The molecule has 4 rings (SSSR count). The molecule has 1 atom stereocenters. The lowest BCUT2D eigenvalue weighted by molar-refractivity contribution is -0.134. The molecular formula is C18H23N3O2. The standard InChI is InChI=1S/C18H23N3O2/c22-17-5-4-16(18(23)20-17)21-11-8-14-13(2-1-3-15(14)21)12-6-9-19-10-7-12/h1-3,12,16,19H,4-11H2,(H,20,22,23). The van der Waals surface area contributed by atoms with Gasteiger partial charge in [-0.15, -0.1) is 0 Å². The Morgan fingerprint density at radius 3 is 2.65 bits per heavy atom. The second-order valence-corrected chi connectivity index (χ2v) is 6.78. The van der Waals surface area contributed by atoms with Crippen molar-refractivity contribution in [2.24, 2.45) is 0 Å². The van der Waals surface area contributed by atoms with Crippen LogP contribution in [-0.4, -0.2) is 37.5 Å². The number of anilines is 1. The van der Waals surface area contributed by atoms with Crippen LogP contribution in [0.1, 0.15) is 42.7 Å². The monoisotopic (exact) mass is 313 g/mol. The Kier molecular flexibility index (Phi) is 3.81. The maximum atomic E-state index is 12.2. The lowest BCUT2D eigenvalue weighted by Gasteiger charge is -2.32. The maximum Gasteiger partial charge on any atom is 0.249 e. The van der Waals surface area contributed by atoms with Crippen LogP contribution in [0.2, 0.25) is 0 Å². The maximum absolute atomic E-state index is 12.2. The Bertz CT molecular complexity index is 637. The summed E-state index contributed by atoms with van der Waals surface area (Å²) in [6.07, 6.45) is 4.45. The molecule has 0 spiro atoms. The average Bonchev–Trinajstić information content (AvgIpc) is 2.99. The SMILES string of the molecule is O=C1CCC(N2CCc3c(C4CCNCC4)cccc32)C(=O)N1.